The molecule has 2 aliphatic rings. The Labute approximate surface area is 281 Å². The first-order valence-corrected chi connectivity index (χ1v) is 15.8. The summed E-state index contributed by atoms with van der Waals surface area (Å²) in [6.45, 7) is 1.76. The molecule has 0 saturated carbocycles. The summed E-state index contributed by atoms with van der Waals surface area (Å²) in [7, 11) is 0. The van der Waals surface area contributed by atoms with Gasteiger partial charge in [0, 0.05) is 18.2 Å². The Kier molecular flexibility index (Phi) is 10.5. The van der Waals surface area contributed by atoms with E-state index in [4.69, 9.17) is 23.7 Å². The maximum absolute atomic E-state index is 13.5. The molecule has 1 aromatic heterocycles. The van der Waals surface area contributed by atoms with Crippen LogP contribution in [0.1, 0.15) is 54.8 Å². The van der Waals surface area contributed by atoms with Gasteiger partial charge >= 0.3 is 11.7 Å². The number of rotatable bonds is 14. The lowest BCUT2D eigenvalue weighted by Crippen LogP contribution is -2.42. The summed E-state index contributed by atoms with van der Waals surface area (Å²) >= 11 is 0. The number of esters is 1. The summed E-state index contributed by atoms with van der Waals surface area (Å²) in [6, 6.07) is 24.4. The summed E-state index contributed by atoms with van der Waals surface area (Å²) in [5.41, 5.74) is 1.09. The molecular weight excluding hydrogens is 634 g/mol. The van der Waals surface area contributed by atoms with Crippen LogP contribution >= 0.6 is 0 Å². The predicted octanol–water partition coefficient (Wildman–Crippen LogP) is 3.29. The van der Waals surface area contributed by atoms with Crippen molar-refractivity contribution in [2.24, 2.45) is 0 Å². The van der Waals surface area contributed by atoms with E-state index >= 15 is 0 Å². The molecule has 0 radical (unpaired) electrons. The molecule has 0 spiro atoms. The molecule has 0 N–H and O–H groups in total. The number of imide groups is 1. The van der Waals surface area contributed by atoms with E-state index in [1.54, 1.807) is 61.5 Å². The van der Waals surface area contributed by atoms with Crippen molar-refractivity contribution in [2.75, 3.05) is 26.4 Å². The fourth-order valence-electron chi connectivity index (χ4n) is 5.65. The number of amides is 2. The molecule has 49 heavy (non-hydrogen) atoms. The Morgan fingerprint density at radius 3 is 2.16 bits per heavy atom. The van der Waals surface area contributed by atoms with Gasteiger partial charge < -0.3 is 23.7 Å². The number of carbonyl (C=O) groups is 3. The highest BCUT2D eigenvalue weighted by Gasteiger charge is 2.41. The third-order valence-corrected chi connectivity index (χ3v) is 8.15. The Hall–Kier alpha value is -5.21. The smallest absolute Gasteiger partial charge is 0.338 e. The van der Waals surface area contributed by atoms with E-state index in [0.717, 1.165) is 15.0 Å². The lowest BCUT2D eigenvalue weighted by molar-refractivity contribution is -0.183. The quantitative estimate of drug-likeness (QED) is 0.111. The molecule has 1 saturated heterocycles. The molecule has 3 atom stereocenters. The molecule has 3 aromatic carbocycles. The van der Waals surface area contributed by atoms with Crippen molar-refractivity contribution in [3.05, 3.63) is 140 Å². The van der Waals surface area contributed by atoms with Gasteiger partial charge in [-0.25, -0.2) is 14.2 Å². The average molecular weight is 670 g/mol. The van der Waals surface area contributed by atoms with Crippen molar-refractivity contribution < 1.29 is 38.1 Å². The largest absolute Gasteiger partial charge is 0.453 e. The first-order valence-electron chi connectivity index (χ1n) is 15.8. The van der Waals surface area contributed by atoms with Crippen molar-refractivity contribution in [2.45, 2.75) is 45.3 Å². The van der Waals surface area contributed by atoms with E-state index in [0.29, 0.717) is 22.3 Å². The normalized spacial score (nSPS) is 18.6. The predicted molar refractivity (Wildman–Crippen MR) is 174 cm³/mol. The first-order chi connectivity index (χ1) is 23.8. The van der Waals surface area contributed by atoms with Gasteiger partial charge in [0.1, 0.15) is 13.0 Å². The maximum atomic E-state index is 13.5. The van der Waals surface area contributed by atoms with Gasteiger partial charge in [-0.15, -0.1) is 0 Å². The van der Waals surface area contributed by atoms with Gasteiger partial charge in [0.25, 0.3) is 17.4 Å². The van der Waals surface area contributed by atoms with Gasteiger partial charge in [0.05, 0.1) is 49.7 Å². The van der Waals surface area contributed by atoms with Gasteiger partial charge in [-0.3, -0.25) is 23.9 Å². The number of hydrogen-bond donors (Lipinski definition) is 0. The van der Waals surface area contributed by atoms with E-state index in [2.05, 4.69) is 0 Å². The fraction of sp³-hybridized carbons (Fsp3) is 0.306. The third-order valence-electron chi connectivity index (χ3n) is 8.15. The molecule has 0 bridgehead atoms. The van der Waals surface area contributed by atoms with Crippen LogP contribution in [0.4, 0.5) is 0 Å². The number of benzene rings is 3. The minimum atomic E-state index is -1.07. The molecule has 0 aliphatic carbocycles. The van der Waals surface area contributed by atoms with Crippen LogP contribution in [0.15, 0.2) is 101 Å². The second kappa shape index (κ2) is 15.3. The van der Waals surface area contributed by atoms with Crippen LogP contribution in [0, 0.1) is 6.92 Å². The van der Waals surface area contributed by atoms with E-state index < -0.39 is 35.8 Å². The highest BCUT2D eigenvalue weighted by atomic mass is 16.7. The Morgan fingerprint density at radius 2 is 1.47 bits per heavy atom. The molecule has 13 heteroatoms. The van der Waals surface area contributed by atoms with E-state index in [1.165, 1.54) is 10.8 Å². The highest BCUT2D eigenvalue weighted by Crippen LogP contribution is 2.31. The molecule has 1 fully saturated rings. The minimum Gasteiger partial charge on any atom is -0.453 e. The van der Waals surface area contributed by atoms with Crippen LogP contribution in [-0.2, 0) is 37.0 Å². The van der Waals surface area contributed by atoms with Gasteiger partial charge in [-0.1, -0.05) is 60.7 Å². The van der Waals surface area contributed by atoms with Crippen LogP contribution in [-0.4, -0.2) is 70.6 Å². The lowest BCUT2D eigenvalue weighted by atomic mass is 10.1. The number of aryl methyl sites for hydroxylation is 1. The second-order valence-corrected chi connectivity index (χ2v) is 11.5. The zero-order valence-corrected chi connectivity index (χ0v) is 26.8. The summed E-state index contributed by atoms with van der Waals surface area (Å²) in [6.07, 6.45) is -1.44. The summed E-state index contributed by atoms with van der Waals surface area (Å²) < 4.78 is 31.4. The molecule has 13 nitrogen and oxygen atoms in total. The van der Waals surface area contributed by atoms with Crippen molar-refractivity contribution in [3.63, 3.8) is 0 Å². The van der Waals surface area contributed by atoms with Gasteiger partial charge in [0.15, 0.2) is 12.4 Å². The van der Waals surface area contributed by atoms with E-state index in [1.807, 2.05) is 30.3 Å². The zero-order valence-electron chi connectivity index (χ0n) is 26.8. The van der Waals surface area contributed by atoms with Crippen molar-refractivity contribution >= 4 is 17.8 Å². The van der Waals surface area contributed by atoms with Crippen molar-refractivity contribution in [3.8, 4) is 0 Å². The molecule has 0 unspecified atom stereocenters. The number of carbonyl (C=O) groups excluding carboxylic acids is 3. The Morgan fingerprint density at radius 1 is 0.816 bits per heavy atom. The van der Waals surface area contributed by atoms with Crippen LogP contribution in [0.3, 0.4) is 0 Å². The topological polar surface area (TPSA) is 145 Å². The third kappa shape index (κ3) is 7.60. The monoisotopic (exact) mass is 669 g/mol. The van der Waals surface area contributed by atoms with E-state index in [-0.39, 0.29) is 57.9 Å². The number of nitrogens with zero attached hydrogens (tertiary/aromatic N) is 3. The molecule has 254 valence electrons. The van der Waals surface area contributed by atoms with Crippen molar-refractivity contribution in [1.29, 1.82) is 0 Å². The zero-order chi connectivity index (χ0) is 34.3. The molecular formula is C36H35N3O10. The summed E-state index contributed by atoms with van der Waals surface area (Å²) in [4.78, 5) is 65.7. The summed E-state index contributed by atoms with van der Waals surface area (Å²) in [5.74, 6) is -1.33. The molecule has 3 heterocycles. The Balaban J connectivity index is 1.09. The second-order valence-electron chi connectivity index (χ2n) is 11.5. The van der Waals surface area contributed by atoms with Crippen molar-refractivity contribution in [1.82, 2.24) is 14.0 Å². The van der Waals surface area contributed by atoms with E-state index in [9.17, 15) is 24.0 Å². The van der Waals surface area contributed by atoms with Crippen LogP contribution < -0.4 is 11.2 Å². The Bertz CT molecular complexity index is 1890. The molecule has 2 amide bonds. The minimum absolute atomic E-state index is 0.0135. The fourth-order valence-corrected chi connectivity index (χ4v) is 5.65. The van der Waals surface area contributed by atoms with Gasteiger partial charge in [0.2, 0.25) is 0 Å². The average Bonchev–Trinajstić information content (AvgIpc) is 3.63. The van der Waals surface area contributed by atoms with Gasteiger partial charge in [-0.2, -0.15) is 0 Å². The summed E-state index contributed by atoms with van der Waals surface area (Å²) in [5, 5.41) is 0. The van der Waals surface area contributed by atoms with Crippen LogP contribution in [0.25, 0.3) is 0 Å². The lowest BCUT2D eigenvalue weighted by Gasteiger charge is -2.20. The SMILES string of the molecule is Cc1cn([C@H]2C[C@H](OC(=O)c3ccccc3)[C@@H](OCCOCCN3C(=O)c4ccccc4C3=O)O2)c(=O)n(COCc2ccccc2)c1=O. The molecule has 6 rings (SSSR count). The highest BCUT2D eigenvalue weighted by molar-refractivity contribution is 6.21. The molecule has 2 aliphatic heterocycles. The van der Waals surface area contributed by atoms with Crippen LogP contribution in [0.2, 0.25) is 0 Å². The standard InChI is InChI=1S/C36H35N3O10/c1-24-21-38(36(44)39(31(24)40)23-46-22-25-10-4-2-5-11-25)30-20-29(48-34(43)26-12-6-3-7-13-26)35(49-30)47-19-18-45-17-16-37-32(41)27-14-8-9-15-28(27)33(37)42/h2-15,21,29-30,35H,16-20,22-23H2,1H3/t29-,30+,35-/m0/s1. The number of hydrogen-bond acceptors (Lipinski definition) is 10. The number of aromatic nitrogens is 2. The first kappa shape index (κ1) is 33.7. The molecule has 4 aromatic rings. The van der Waals surface area contributed by atoms with Crippen LogP contribution in [0.5, 0.6) is 0 Å². The van der Waals surface area contributed by atoms with Gasteiger partial charge in [-0.05, 0) is 36.8 Å². The number of ether oxygens (including phenoxy) is 5. The number of fused-ring (bicyclic) bond motifs is 1. The maximum Gasteiger partial charge on any atom is 0.338 e.